The summed E-state index contributed by atoms with van der Waals surface area (Å²) >= 11 is 0. The second kappa shape index (κ2) is 3.80. The van der Waals surface area contributed by atoms with Crippen LogP contribution in [0.25, 0.3) is 0 Å². The molecule has 0 aromatic carbocycles. The lowest BCUT2D eigenvalue weighted by Gasteiger charge is -2.39. The molecule has 0 aromatic rings. The number of morpholine rings is 1. The third kappa shape index (κ3) is 1.95. The van der Waals surface area contributed by atoms with Gasteiger partial charge in [0.25, 0.3) is 0 Å². The fraction of sp³-hybridized carbons (Fsp3) is 1.00. The van der Waals surface area contributed by atoms with Crippen LogP contribution in [-0.2, 0) is 4.74 Å². The van der Waals surface area contributed by atoms with Gasteiger partial charge in [-0.3, -0.25) is 4.90 Å². The number of hydrogen-bond acceptors (Lipinski definition) is 3. The Kier molecular flexibility index (Phi) is 2.82. The predicted octanol–water partition coefficient (Wildman–Crippen LogP) is 0.868. The van der Waals surface area contributed by atoms with E-state index in [9.17, 15) is 5.11 Å². The van der Waals surface area contributed by atoms with Crippen molar-refractivity contribution in [1.29, 1.82) is 0 Å². The smallest absolute Gasteiger partial charge is 0.0700 e. The largest absolute Gasteiger partial charge is 0.396 e. The lowest BCUT2D eigenvalue weighted by molar-refractivity contribution is -0.0640. The van der Waals surface area contributed by atoms with Gasteiger partial charge in [0.05, 0.1) is 12.7 Å². The van der Waals surface area contributed by atoms with E-state index in [2.05, 4.69) is 18.7 Å². The molecule has 2 aliphatic rings. The van der Waals surface area contributed by atoms with Gasteiger partial charge in [0.1, 0.15) is 0 Å². The van der Waals surface area contributed by atoms with Crippen LogP contribution >= 0.6 is 0 Å². The average molecular weight is 199 g/mol. The van der Waals surface area contributed by atoms with Crippen LogP contribution in [0, 0.1) is 5.41 Å². The maximum atomic E-state index is 9.28. The molecular weight excluding hydrogens is 178 g/mol. The van der Waals surface area contributed by atoms with Crippen molar-refractivity contribution >= 4 is 0 Å². The minimum atomic E-state index is 0.241. The third-order valence-electron chi connectivity index (χ3n) is 3.85. The zero-order valence-electron chi connectivity index (χ0n) is 9.20. The lowest BCUT2D eigenvalue weighted by atomic mass is 10.0. The molecule has 0 aromatic heterocycles. The average Bonchev–Trinajstić information content (AvgIpc) is 2.94. The quantitative estimate of drug-likeness (QED) is 0.732. The third-order valence-corrected chi connectivity index (χ3v) is 3.85. The van der Waals surface area contributed by atoms with E-state index in [1.54, 1.807) is 0 Å². The Hall–Kier alpha value is -0.120. The minimum Gasteiger partial charge on any atom is -0.396 e. The Morgan fingerprint density at radius 3 is 2.71 bits per heavy atom. The van der Waals surface area contributed by atoms with Crippen LogP contribution in [0.3, 0.4) is 0 Å². The number of nitrogens with zero attached hydrogens (tertiary/aromatic N) is 1. The summed E-state index contributed by atoms with van der Waals surface area (Å²) in [6, 6.07) is 0.493. The second-order valence-corrected chi connectivity index (χ2v) is 4.95. The van der Waals surface area contributed by atoms with Gasteiger partial charge in [-0.2, -0.15) is 0 Å². The topological polar surface area (TPSA) is 32.7 Å². The van der Waals surface area contributed by atoms with Gasteiger partial charge in [0, 0.05) is 31.2 Å². The Balaban J connectivity index is 1.90. The van der Waals surface area contributed by atoms with Crippen LogP contribution in [0.1, 0.15) is 26.7 Å². The van der Waals surface area contributed by atoms with Crippen LogP contribution in [0.2, 0.25) is 0 Å². The molecule has 0 spiro atoms. The van der Waals surface area contributed by atoms with E-state index in [4.69, 9.17) is 4.74 Å². The zero-order valence-corrected chi connectivity index (χ0v) is 9.20. The van der Waals surface area contributed by atoms with E-state index in [0.29, 0.717) is 18.8 Å². The van der Waals surface area contributed by atoms with E-state index in [0.717, 1.165) is 19.7 Å². The molecule has 0 amide bonds. The first-order valence-corrected chi connectivity index (χ1v) is 5.63. The molecule has 2 rings (SSSR count). The first kappa shape index (κ1) is 10.4. The normalized spacial score (nSPS) is 37.1. The number of aliphatic hydroxyl groups is 1. The molecule has 0 radical (unpaired) electrons. The number of aliphatic hydroxyl groups excluding tert-OH is 1. The fourth-order valence-corrected chi connectivity index (χ4v) is 2.19. The van der Waals surface area contributed by atoms with Gasteiger partial charge in [-0.1, -0.05) is 0 Å². The summed E-state index contributed by atoms with van der Waals surface area (Å²) in [6.07, 6.45) is 2.72. The molecular formula is C11H21NO2. The predicted molar refractivity (Wildman–Crippen MR) is 55.2 cm³/mol. The van der Waals surface area contributed by atoms with Gasteiger partial charge in [0.15, 0.2) is 0 Å². The summed E-state index contributed by atoms with van der Waals surface area (Å²) < 4.78 is 5.58. The summed E-state index contributed by atoms with van der Waals surface area (Å²) in [5.74, 6) is 0. The van der Waals surface area contributed by atoms with Crippen LogP contribution in [-0.4, -0.2) is 48.5 Å². The number of hydrogen-bond donors (Lipinski definition) is 1. The molecule has 14 heavy (non-hydrogen) atoms. The molecule has 2 atom stereocenters. The van der Waals surface area contributed by atoms with E-state index >= 15 is 0 Å². The van der Waals surface area contributed by atoms with Crippen molar-refractivity contribution in [2.45, 2.75) is 38.8 Å². The summed E-state index contributed by atoms with van der Waals surface area (Å²) in [5, 5.41) is 9.28. The Morgan fingerprint density at radius 2 is 2.14 bits per heavy atom. The molecule has 3 heteroatoms. The fourth-order valence-electron chi connectivity index (χ4n) is 2.19. The summed E-state index contributed by atoms with van der Waals surface area (Å²) in [5.41, 5.74) is 0.241. The number of ether oxygens (including phenoxy) is 1. The first-order valence-electron chi connectivity index (χ1n) is 5.63. The number of rotatable bonds is 3. The molecule has 2 fully saturated rings. The minimum absolute atomic E-state index is 0.241. The Bertz CT molecular complexity index is 203. The van der Waals surface area contributed by atoms with Crippen molar-refractivity contribution in [3.8, 4) is 0 Å². The van der Waals surface area contributed by atoms with E-state index in [1.165, 1.54) is 12.8 Å². The van der Waals surface area contributed by atoms with Crippen molar-refractivity contribution in [3.63, 3.8) is 0 Å². The maximum absolute atomic E-state index is 9.28. The highest BCUT2D eigenvalue weighted by Gasteiger charge is 2.44. The van der Waals surface area contributed by atoms with Gasteiger partial charge in [-0.05, 0) is 26.7 Å². The maximum Gasteiger partial charge on any atom is 0.0700 e. The lowest BCUT2D eigenvalue weighted by Crippen LogP contribution is -2.50. The molecule has 1 heterocycles. The standard InChI is InChI=1S/C11H21NO2/c1-9-10(2)14-6-5-12(9)7-11(8-13)3-4-11/h9-10,13H,3-8H2,1-2H3/t9-,10-/m0/s1. The van der Waals surface area contributed by atoms with Gasteiger partial charge < -0.3 is 9.84 Å². The molecule has 82 valence electrons. The van der Waals surface area contributed by atoms with Crippen LogP contribution in [0.5, 0.6) is 0 Å². The highest BCUT2D eigenvalue weighted by molar-refractivity contribution is 4.96. The van der Waals surface area contributed by atoms with Crippen molar-refractivity contribution in [3.05, 3.63) is 0 Å². The van der Waals surface area contributed by atoms with Gasteiger partial charge in [-0.15, -0.1) is 0 Å². The molecule has 1 saturated carbocycles. The Labute approximate surface area is 86.0 Å². The molecule has 0 bridgehead atoms. The van der Waals surface area contributed by atoms with Crippen LogP contribution in [0.4, 0.5) is 0 Å². The summed E-state index contributed by atoms with van der Waals surface area (Å²) in [4.78, 5) is 2.47. The zero-order chi connectivity index (χ0) is 10.2. The molecule has 3 nitrogen and oxygen atoms in total. The van der Waals surface area contributed by atoms with E-state index < -0.39 is 0 Å². The monoisotopic (exact) mass is 199 g/mol. The molecule has 1 N–H and O–H groups in total. The first-order chi connectivity index (χ1) is 6.67. The molecule has 1 saturated heterocycles. The SMILES string of the molecule is C[C@@H]1OCCN(CC2(CO)CC2)[C@H]1C. The van der Waals surface area contributed by atoms with Gasteiger partial charge >= 0.3 is 0 Å². The van der Waals surface area contributed by atoms with E-state index in [1.807, 2.05) is 0 Å². The second-order valence-electron chi connectivity index (χ2n) is 4.95. The highest BCUT2D eigenvalue weighted by Crippen LogP contribution is 2.46. The highest BCUT2D eigenvalue weighted by atomic mass is 16.5. The van der Waals surface area contributed by atoms with Crippen molar-refractivity contribution in [2.75, 3.05) is 26.3 Å². The van der Waals surface area contributed by atoms with Crippen molar-refractivity contribution in [2.24, 2.45) is 5.41 Å². The van der Waals surface area contributed by atoms with Gasteiger partial charge in [0.2, 0.25) is 0 Å². The molecule has 0 unspecified atom stereocenters. The van der Waals surface area contributed by atoms with Crippen LogP contribution in [0.15, 0.2) is 0 Å². The van der Waals surface area contributed by atoms with E-state index in [-0.39, 0.29) is 5.41 Å². The summed E-state index contributed by atoms with van der Waals surface area (Å²) in [6.45, 7) is 7.62. The Morgan fingerprint density at radius 1 is 1.43 bits per heavy atom. The van der Waals surface area contributed by atoms with Crippen molar-refractivity contribution < 1.29 is 9.84 Å². The summed E-state index contributed by atoms with van der Waals surface area (Å²) in [7, 11) is 0. The molecule has 1 aliphatic heterocycles. The van der Waals surface area contributed by atoms with Gasteiger partial charge in [-0.25, -0.2) is 0 Å². The van der Waals surface area contributed by atoms with Crippen molar-refractivity contribution in [1.82, 2.24) is 4.90 Å². The van der Waals surface area contributed by atoms with Crippen LogP contribution < -0.4 is 0 Å². The molecule has 1 aliphatic carbocycles.